The molecule has 2 unspecified atom stereocenters. The van der Waals surface area contributed by atoms with Crippen molar-refractivity contribution < 1.29 is 14.3 Å². The number of anilines is 1. The molecule has 148 valence electrons. The predicted octanol–water partition coefficient (Wildman–Crippen LogP) is 3.69. The summed E-state index contributed by atoms with van der Waals surface area (Å²) in [5, 5.41) is 2.97. The summed E-state index contributed by atoms with van der Waals surface area (Å²) in [5.41, 5.74) is 3.16. The fourth-order valence-corrected chi connectivity index (χ4v) is 3.31. The minimum atomic E-state index is -0.186. The Morgan fingerprint density at radius 2 is 1.82 bits per heavy atom. The monoisotopic (exact) mass is 381 g/mol. The highest BCUT2D eigenvalue weighted by atomic mass is 16.5. The summed E-state index contributed by atoms with van der Waals surface area (Å²) >= 11 is 0. The second kappa shape index (κ2) is 8.44. The van der Waals surface area contributed by atoms with Crippen LogP contribution in [-0.2, 0) is 4.74 Å². The molecule has 0 aromatic heterocycles. The highest BCUT2D eigenvalue weighted by Crippen LogP contribution is 2.26. The number of nitrogens with one attached hydrogen (secondary N) is 1. The third-order valence-electron chi connectivity index (χ3n) is 4.85. The van der Waals surface area contributed by atoms with Crippen molar-refractivity contribution in [2.45, 2.75) is 26.1 Å². The quantitative estimate of drug-likeness (QED) is 0.882. The molecule has 0 saturated carbocycles. The topological polar surface area (TPSA) is 61.9 Å². The summed E-state index contributed by atoms with van der Waals surface area (Å²) in [6, 6.07) is 15.1. The van der Waals surface area contributed by atoms with Gasteiger partial charge in [-0.25, -0.2) is 4.79 Å². The second-order valence-electron chi connectivity index (χ2n) is 7.41. The maximum Gasteiger partial charge on any atom is 0.322 e. The molecule has 1 aliphatic rings. The van der Waals surface area contributed by atoms with Crippen molar-refractivity contribution >= 4 is 17.6 Å². The summed E-state index contributed by atoms with van der Waals surface area (Å²) in [5.74, 6) is -0.0976. The Balaban J connectivity index is 1.75. The lowest BCUT2D eigenvalue weighted by Crippen LogP contribution is -2.47. The van der Waals surface area contributed by atoms with Gasteiger partial charge in [0.1, 0.15) is 6.10 Å². The van der Waals surface area contributed by atoms with E-state index in [-0.39, 0.29) is 24.1 Å². The molecule has 1 aliphatic heterocycles. The molecule has 0 aliphatic carbocycles. The largest absolute Gasteiger partial charge is 0.367 e. The molecule has 0 spiro atoms. The third kappa shape index (κ3) is 4.51. The van der Waals surface area contributed by atoms with Crippen molar-refractivity contribution in [3.8, 4) is 0 Å². The molecule has 2 aromatic carbocycles. The van der Waals surface area contributed by atoms with Gasteiger partial charge in [-0.3, -0.25) is 4.79 Å². The number of rotatable bonds is 3. The minimum Gasteiger partial charge on any atom is -0.367 e. The van der Waals surface area contributed by atoms with Gasteiger partial charge in [0.15, 0.2) is 0 Å². The number of benzene rings is 2. The average Bonchev–Trinajstić information content (AvgIpc) is 2.69. The molecule has 3 amide bonds. The van der Waals surface area contributed by atoms with E-state index in [0.29, 0.717) is 24.3 Å². The van der Waals surface area contributed by atoms with E-state index in [1.54, 1.807) is 31.1 Å². The summed E-state index contributed by atoms with van der Waals surface area (Å²) < 4.78 is 6.03. The van der Waals surface area contributed by atoms with Crippen LogP contribution in [0, 0.1) is 6.92 Å². The van der Waals surface area contributed by atoms with E-state index in [9.17, 15) is 9.59 Å². The molecular formula is C22H27N3O3. The average molecular weight is 381 g/mol. The maximum atomic E-state index is 12.9. The number of morpholine rings is 1. The van der Waals surface area contributed by atoms with Crippen LogP contribution < -0.4 is 5.32 Å². The van der Waals surface area contributed by atoms with Crippen LogP contribution in [-0.4, -0.2) is 55.0 Å². The molecule has 1 N–H and O–H groups in total. The number of urea groups is 1. The Morgan fingerprint density at radius 3 is 2.50 bits per heavy atom. The normalized spacial score (nSPS) is 19.2. The molecule has 3 rings (SSSR count). The molecule has 28 heavy (non-hydrogen) atoms. The van der Waals surface area contributed by atoms with Gasteiger partial charge < -0.3 is 19.9 Å². The van der Waals surface area contributed by atoms with E-state index < -0.39 is 0 Å². The molecule has 6 heteroatoms. The van der Waals surface area contributed by atoms with Crippen molar-refractivity contribution in [2.24, 2.45) is 0 Å². The first-order valence-electron chi connectivity index (χ1n) is 9.43. The van der Waals surface area contributed by atoms with Crippen molar-refractivity contribution in [3.63, 3.8) is 0 Å². The van der Waals surface area contributed by atoms with Crippen molar-refractivity contribution in [1.82, 2.24) is 9.80 Å². The maximum absolute atomic E-state index is 12.9. The number of aryl methyl sites for hydroxylation is 1. The van der Waals surface area contributed by atoms with Gasteiger partial charge in [0.2, 0.25) is 0 Å². The minimum absolute atomic E-state index is 0.0625. The molecular weight excluding hydrogens is 354 g/mol. The highest BCUT2D eigenvalue weighted by molar-refractivity contribution is 5.97. The van der Waals surface area contributed by atoms with Gasteiger partial charge >= 0.3 is 6.03 Å². The van der Waals surface area contributed by atoms with E-state index in [4.69, 9.17) is 4.74 Å². The van der Waals surface area contributed by atoms with E-state index in [0.717, 1.165) is 11.1 Å². The zero-order valence-corrected chi connectivity index (χ0v) is 16.8. The number of ether oxygens (including phenoxy) is 1. The molecule has 1 fully saturated rings. The van der Waals surface area contributed by atoms with Gasteiger partial charge in [0.25, 0.3) is 5.91 Å². The van der Waals surface area contributed by atoms with Crippen LogP contribution in [0.4, 0.5) is 10.5 Å². The molecule has 2 atom stereocenters. The number of carbonyl (C=O) groups is 2. The Labute approximate surface area is 166 Å². The predicted molar refractivity (Wildman–Crippen MR) is 110 cm³/mol. The van der Waals surface area contributed by atoms with E-state index >= 15 is 0 Å². The summed E-state index contributed by atoms with van der Waals surface area (Å²) in [7, 11) is 3.42. The highest BCUT2D eigenvalue weighted by Gasteiger charge is 2.29. The van der Waals surface area contributed by atoms with E-state index in [1.165, 1.54) is 4.90 Å². The van der Waals surface area contributed by atoms with Gasteiger partial charge in [-0.15, -0.1) is 0 Å². The van der Waals surface area contributed by atoms with E-state index in [2.05, 4.69) is 5.32 Å². The number of hydrogen-bond donors (Lipinski definition) is 1. The molecule has 0 radical (unpaired) electrons. The fraction of sp³-hybridized carbons (Fsp3) is 0.364. The van der Waals surface area contributed by atoms with Gasteiger partial charge in [-0.05, 0) is 37.1 Å². The smallest absolute Gasteiger partial charge is 0.322 e. The van der Waals surface area contributed by atoms with Crippen LogP contribution >= 0.6 is 0 Å². The van der Waals surface area contributed by atoms with Crippen molar-refractivity contribution in [2.75, 3.05) is 32.5 Å². The summed E-state index contributed by atoms with van der Waals surface area (Å²) in [6.45, 7) is 4.88. The van der Waals surface area contributed by atoms with Gasteiger partial charge in [-0.1, -0.05) is 36.4 Å². The van der Waals surface area contributed by atoms with Crippen LogP contribution in [0.3, 0.4) is 0 Å². The Bertz CT molecular complexity index is 851. The van der Waals surface area contributed by atoms with Crippen LogP contribution in [0.5, 0.6) is 0 Å². The number of hydrogen-bond acceptors (Lipinski definition) is 3. The molecule has 0 bridgehead atoms. The summed E-state index contributed by atoms with van der Waals surface area (Å²) in [4.78, 5) is 28.4. The lowest BCUT2D eigenvalue weighted by Gasteiger charge is -2.37. The lowest BCUT2D eigenvalue weighted by atomic mass is 10.1. The van der Waals surface area contributed by atoms with Crippen LogP contribution in [0.2, 0.25) is 0 Å². The zero-order chi connectivity index (χ0) is 20.3. The third-order valence-corrected chi connectivity index (χ3v) is 4.85. The fourth-order valence-electron chi connectivity index (χ4n) is 3.31. The standard InChI is InChI=1S/C22H27N3O3/c1-15-10-11-18(21(26)24(3)4)12-19(15)23-22(27)25-13-16(2)28-20(14-25)17-8-6-5-7-9-17/h5-12,16,20H,13-14H2,1-4H3,(H,23,27). The van der Waals surface area contributed by atoms with E-state index in [1.807, 2.05) is 50.2 Å². The van der Waals surface area contributed by atoms with Gasteiger partial charge in [0.05, 0.1) is 12.6 Å². The van der Waals surface area contributed by atoms with Crippen molar-refractivity contribution in [1.29, 1.82) is 0 Å². The number of carbonyl (C=O) groups excluding carboxylic acids is 2. The van der Waals surface area contributed by atoms with Crippen LogP contribution in [0.25, 0.3) is 0 Å². The van der Waals surface area contributed by atoms with Crippen LogP contribution in [0.15, 0.2) is 48.5 Å². The van der Waals surface area contributed by atoms with Crippen LogP contribution in [0.1, 0.15) is 34.5 Å². The molecule has 1 heterocycles. The zero-order valence-electron chi connectivity index (χ0n) is 16.8. The first-order valence-corrected chi connectivity index (χ1v) is 9.43. The molecule has 1 saturated heterocycles. The van der Waals surface area contributed by atoms with Gasteiger partial charge in [0, 0.05) is 31.9 Å². The Hall–Kier alpha value is -2.86. The van der Waals surface area contributed by atoms with Crippen molar-refractivity contribution in [3.05, 3.63) is 65.2 Å². The Morgan fingerprint density at radius 1 is 1.11 bits per heavy atom. The Kier molecular flexibility index (Phi) is 5.99. The summed E-state index contributed by atoms with van der Waals surface area (Å²) in [6.07, 6.45) is -0.217. The molecule has 2 aromatic rings. The number of amides is 3. The number of nitrogens with zero attached hydrogens (tertiary/aromatic N) is 2. The first-order chi connectivity index (χ1) is 13.3. The lowest BCUT2D eigenvalue weighted by molar-refractivity contribution is -0.0642. The molecule has 6 nitrogen and oxygen atoms in total. The van der Waals surface area contributed by atoms with Gasteiger partial charge in [-0.2, -0.15) is 0 Å². The second-order valence-corrected chi connectivity index (χ2v) is 7.41. The first kappa shape index (κ1) is 19.9. The SMILES string of the molecule is Cc1ccc(C(=O)N(C)C)cc1NC(=O)N1CC(C)OC(c2ccccc2)C1.